The molecule has 0 saturated heterocycles. The number of carbonyl (C=O) groups is 2. The Morgan fingerprint density at radius 1 is 1.25 bits per heavy atom. The van der Waals surface area contributed by atoms with Gasteiger partial charge in [-0.15, -0.1) is 0 Å². The van der Waals surface area contributed by atoms with Gasteiger partial charge in [-0.25, -0.2) is 0 Å². The molecule has 0 heterocycles. The van der Waals surface area contributed by atoms with Gasteiger partial charge in [-0.05, 0) is 19.1 Å². The molecule has 1 unspecified atom stereocenters. The third kappa shape index (κ3) is 3.73. The maximum absolute atomic E-state index is 11.7. The summed E-state index contributed by atoms with van der Waals surface area (Å²) in [7, 11) is 1.58. The number of hydrogen-bond donors (Lipinski definition) is 2. The molecule has 1 rings (SSSR count). The van der Waals surface area contributed by atoms with Crippen molar-refractivity contribution in [3.8, 4) is 0 Å². The largest absolute Gasteiger partial charge is 0.359 e. The van der Waals surface area contributed by atoms with Crippen LogP contribution in [0.1, 0.15) is 23.7 Å². The lowest BCUT2D eigenvalue weighted by atomic mass is 10.1. The van der Waals surface area contributed by atoms with E-state index in [1.165, 1.54) is 0 Å². The zero-order valence-electron chi connectivity index (χ0n) is 9.49. The van der Waals surface area contributed by atoms with Crippen molar-refractivity contribution in [2.24, 2.45) is 0 Å². The van der Waals surface area contributed by atoms with Gasteiger partial charge >= 0.3 is 0 Å². The Balaban J connectivity index is 2.49. The molecule has 0 saturated carbocycles. The summed E-state index contributed by atoms with van der Waals surface area (Å²) in [5.41, 5.74) is 0.603. The van der Waals surface area contributed by atoms with Crippen molar-refractivity contribution < 1.29 is 9.59 Å². The number of amides is 2. The predicted molar refractivity (Wildman–Crippen MR) is 62.1 cm³/mol. The second kappa shape index (κ2) is 5.90. The van der Waals surface area contributed by atoms with E-state index >= 15 is 0 Å². The molecule has 0 aliphatic rings. The molecule has 0 fully saturated rings. The highest BCUT2D eigenvalue weighted by Gasteiger charge is 2.11. The summed E-state index contributed by atoms with van der Waals surface area (Å²) >= 11 is 0. The summed E-state index contributed by atoms with van der Waals surface area (Å²) in [4.78, 5) is 22.8. The third-order valence-electron chi connectivity index (χ3n) is 2.18. The van der Waals surface area contributed by atoms with Gasteiger partial charge < -0.3 is 10.6 Å². The van der Waals surface area contributed by atoms with Crippen LogP contribution in [0.2, 0.25) is 0 Å². The number of carbonyl (C=O) groups excluding carboxylic acids is 2. The molecule has 0 aromatic heterocycles. The highest BCUT2D eigenvalue weighted by Crippen LogP contribution is 2.00. The first kappa shape index (κ1) is 12.2. The van der Waals surface area contributed by atoms with Crippen molar-refractivity contribution in [2.45, 2.75) is 19.4 Å². The number of hydrogen-bond acceptors (Lipinski definition) is 2. The molecule has 1 atom stereocenters. The Morgan fingerprint density at radius 3 is 2.44 bits per heavy atom. The Morgan fingerprint density at radius 2 is 1.88 bits per heavy atom. The van der Waals surface area contributed by atoms with Gasteiger partial charge in [-0.1, -0.05) is 18.2 Å². The highest BCUT2D eigenvalue weighted by molar-refractivity contribution is 5.94. The Labute approximate surface area is 95.0 Å². The second-order valence-electron chi connectivity index (χ2n) is 3.62. The summed E-state index contributed by atoms with van der Waals surface area (Å²) < 4.78 is 0. The molecule has 2 N–H and O–H groups in total. The van der Waals surface area contributed by atoms with Crippen LogP contribution in [0.4, 0.5) is 0 Å². The van der Waals surface area contributed by atoms with Crippen LogP contribution in [0, 0.1) is 0 Å². The van der Waals surface area contributed by atoms with Crippen molar-refractivity contribution in [3.05, 3.63) is 35.9 Å². The number of benzene rings is 1. The quantitative estimate of drug-likeness (QED) is 0.793. The van der Waals surface area contributed by atoms with E-state index in [0.29, 0.717) is 5.56 Å². The lowest BCUT2D eigenvalue weighted by molar-refractivity contribution is -0.120. The van der Waals surface area contributed by atoms with E-state index in [4.69, 9.17) is 0 Å². The Bertz CT molecular complexity index is 363. The van der Waals surface area contributed by atoms with Crippen molar-refractivity contribution in [1.82, 2.24) is 10.6 Å². The summed E-state index contributed by atoms with van der Waals surface area (Å²) in [6, 6.07) is 8.76. The lowest BCUT2D eigenvalue weighted by Crippen LogP contribution is -2.36. The van der Waals surface area contributed by atoms with E-state index in [-0.39, 0.29) is 24.3 Å². The van der Waals surface area contributed by atoms with E-state index in [9.17, 15) is 9.59 Å². The van der Waals surface area contributed by atoms with Gasteiger partial charge in [-0.3, -0.25) is 9.59 Å². The molecule has 2 amide bonds. The highest BCUT2D eigenvalue weighted by atomic mass is 16.2. The van der Waals surface area contributed by atoms with E-state index in [1.807, 2.05) is 6.07 Å². The van der Waals surface area contributed by atoms with Crippen LogP contribution in [0.15, 0.2) is 30.3 Å². The average molecular weight is 220 g/mol. The normalized spacial score (nSPS) is 11.6. The molecule has 1 aromatic carbocycles. The van der Waals surface area contributed by atoms with Crippen LogP contribution in [0.3, 0.4) is 0 Å². The van der Waals surface area contributed by atoms with Gasteiger partial charge in [-0.2, -0.15) is 0 Å². The van der Waals surface area contributed by atoms with E-state index in [0.717, 1.165) is 0 Å². The van der Waals surface area contributed by atoms with Gasteiger partial charge in [0.2, 0.25) is 5.91 Å². The molecule has 1 aromatic rings. The van der Waals surface area contributed by atoms with Gasteiger partial charge in [0.05, 0.1) is 0 Å². The zero-order valence-corrected chi connectivity index (χ0v) is 9.49. The van der Waals surface area contributed by atoms with Crippen LogP contribution in [0.5, 0.6) is 0 Å². The van der Waals surface area contributed by atoms with Crippen LogP contribution in [0.25, 0.3) is 0 Å². The second-order valence-corrected chi connectivity index (χ2v) is 3.62. The molecule has 16 heavy (non-hydrogen) atoms. The fourth-order valence-electron chi connectivity index (χ4n) is 1.33. The topological polar surface area (TPSA) is 58.2 Å². The molecule has 0 aliphatic heterocycles. The molecule has 0 aliphatic carbocycles. The third-order valence-corrected chi connectivity index (χ3v) is 2.18. The Hall–Kier alpha value is -1.84. The lowest BCUT2D eigenvalue weighted by Gasteiger charge is -2.12. The standard InChI is InChI=1S/C12H16N2O2/c1-9(8-11(15)13-2)14-12(16)10-6-4-3-5-7-10/h3-7,9H,8H2,1-2H3,(H,13,15)(H,14,16). The molecule has 4 nitrogen and oxygen atoms in total. The number of nitrogens with one attached hydrogen (secondary N) is 2. The van der Waals surface area contributed by atoms with Crippen molar-refractivity contribution >= 4 is 11.8 Å². The van der Waals surface area contributed by atoms with Gasteiger partial charge in [0, 0.05) is 25.1 Å². The molecule has 4 heteroatoms. The van der Waals surface area contributed by atoms with Crippen molar-refractivity contribution in [2.75, 3.05) is 7.05 Å². The Kier molecular flexibility index (Phi) is 4.51. The molecule has 0 bridgehead atoms. The van der Waals surface area contributed by atoms with Crippen LogP contribution >= 0.6 is 0 Å². The van der Waals surface area contributed by atoms with Crippen molar-refractivity contribution in [3.63, 3.8) is 0 Å². The summed E-state index contributed by atoms with van der Waals surface area (Å²) in [5, 5.41) is 5.28. The first-order chi connectivity index (χ1) is 7.63. The first-order valence-electron chi connectivity index (χ1n) is 5.20. The van der Waals surface area contributed by atoms with Crippen molar-refractivity contribution in [1.29, 1.82) is 0 Å². The minimum absolute atomic E-state index is 0.0825. The SMILES string of the molecule is CNC(=O)CC(C)NC(=O)c1ccccc1. The summed E-state index contributed by atoms with van der Waals surface area (Å²) in [6.07, 6.45) is 0.287. The molecule has 0 radical (unpaired) electrons. The van der Waals surface area contributed by atoms with Gasteiger partial charge in [0.15, 0.2) is 0 Å². The minimum Gasteiger partial charge on any atom is -0.359 e. The predicted octanol–water partition coefficient (Wildman–Crippen LogP) is 0.941. The maximum atomic E-state index is 11.7. The van der Waals surface area contributed by atoms with E-state index in [1.54, 1.807) is 38.2 Å². The molecular formula is C12H16N2O2. The maximum Gasteiger partial charge on any atom is 0.251 e. The molecule has 86 valence electrons. The van der Waals surface area contributed by atoms with E-state index in [2.05, 4.69) is 10.6 Å². The average Bonchev–Trinajstić information content (AvgIpc) is 2.29. The zero-order chi connectivity index (χ0) is 12.0. The van der Waals surface area contributed by atoms with Crippen LogP contribution < -0.4 is 10.6 Å². The first-order valence-corrected chi connectivity index (χ1v) is 5.20. The summed E-state index contributed by atoms with van der Waals surface area (Å²) in [6.45, 7) is 1.80. The fraction of sp³-hybridized carbons (Fsp3) is 0.333. The van der Waals surface area contributed by atoms with Gasteiger partial charge in [0.1, 0.15) is 0 Å². The molecular weight excluding hydrogens is 204 g/mol. The fourth-order valence-corrected chi connectivity index (χ4v) is 1.33. The van der Waals surface area contributed by atoms with Crippen LogP contribution in [-0.4, -0.2) is 24.9 Å². The minimum atomic E-state index is -0.173. The number of rotatable bonds is 4. The van der Waals surface area contributed by atoms with Crippen LogP contribution in [-0.2, 0) is 4.79 Å². The summed E-state index contributed by atoms with van der Waals surface area (Å²) in [5.74, 6) is -0.238. The van der Waals surface area contributed by atoms with Gasteiger partial charge in [0.25, 0.3) is 5.91 Å². The smallest absolute Gasteiger partial charge is 0.251 e. The van der Waals surface area contributed by atoms with E-state index < -0.39 is 0 Å². The molecule has 0 spiro atoms. The monoisotopic (exact) mass is 220 g/mol.